The Hall–Kier alpha value is -15.3. The summed E-state index contributed by atoms with van der Waals surface area (Å²) in [5.41, 5.74) is 55.6. The number of nitrogens with one attached hydrogen (secondary N) is 5. The van der Waals surface area contributed by atoms with E-state index >= 15 is 0 Å². The summed E-state index contributed by atoms with van der Waals surface area (Å²) in [5, 5.41) is 30.9. The van der Waals surface area contributed by atoms with Gasteiger partial charge < -0.3 is 77.2 Å². The van der Waals surface area contributed by atoms with E-state index < -0.39 is 120 Å². The molecule has 21 N–H and O–H groups in total. The fourth-order valence-corrected chi connectivity index (χ4v) is 16.1. The zero-order chi connectivity index (χ0) is 98.4. The van der Waals surface area contributed by atoms with Crippen LogP contribution in [-0.2, 0) is 30.9 Å². The molecule has 31 nitrogen and oxygen atoms in total. The van der Waals surface area contributed by atoms with E-state index in [1.54, 1.807) is 118 Å². The van der Waals surface area contributed by atoms with E-state index in [2.05, 4.69) is 47.0 Å². The zero-order valence-electron chi connectivity index (χ0n) is 74.3. The number of likely N-dealkylation sites (tertiary alicyclic amines) is 1. The number of nitrogens with zero attached hydrogens (tertiary/aromatic N) is 9. The molecule has 0 radical (unpaired) electrons. The number of nitrogens with two attached hydrogens (primary N) is 8. The number of ether oxygens (including phenoxy) is 1. The number of likely N-dealkylation sites (N-methyl/N-ethyl adjacent to an activating group) is 1. The molecule has 41 heteroatoms. The molecule has 3 aliphatic heterocycles. The van der Waals surface area contributed by atoms with E-state index in [0.717, 1.165) is 32.5 Å². The van der Waals surface area contributed by atoms with Crippen LogP contribution in [-0.4, -0.2) is 155 Å². The molecule has 0 bridgehead atoms. The third kappa shape index (κ3) is 22.0. The Morgan fingerprint density at radius 3 is 0.993 bits per heavy atom. The number of primary amides is 4. The Balaban J connectivity index is 0.000000153. The highest BCUT2D eigenvalue weighted by Crippen LogP contribution is 2.45. The van der Waals surface area contributed by atoms with Crippen LogP contribution in [0.15, 0.2) is 170 Å². The maximum Gasteiger partial charge on any atom is 0.295 e. The van der Waals surface area contributed by atoms with Crippen LogP contribution >= 0.6 is 0 Å². The number of hydrogen-bond acceptors (Lipinski definition) is 19. The summed E-state index contributed by atoms with van der Waals surface area (Å²) in [6.45, 7) is 8.00. The van der Waals surface area contributed by atoms with Gasteiger partial charge >= 0.3 is 0 Å². The smallest absolute Gasteiger partial charge is 0.295 e. The second-order valence-corrected chi connectivity index (χ2v) is 33.6. The average molecular weight is 1880 g/mol. The van der Waals surface area contributed by atoms with E-state index in [1.165, 1.54) is 71.6 Å². The van der Waals surface area contributed by atoms with Gasteiger partial charge in [-0.3, -0.25) is 43.3 Å². The molecule has 0 spiro atoms. The van der Waals surface area contributed by atoms with Crippen LogP contribution in [0.2, 0.25) is 0 Å². The van der Waals surface area contributed by atoms with Crippen LogP contribution in [0.4, 0.5) is 67.2 Å². The summed E-state index contributed by atoms with van der Waals surface area (Å²) in [6.07, 6.45) is 2.33. The predicted molar refractivity (Wildman–Crippen MR) is 487 cm³/mol. The third-order valence-corrected chi connectivity index (χ3v) is 23.8. The summed E-state index contributed by atoms with van der Waals surface area (Å²) in [6, 6.07) is 39.2. The van der Waals surface area contributed by atoms with Crippen LogP contribution in [0.3, 0.4) is 0 Å². The van der Waals surface area contributed by atoms with Crippen molar-refractivity contribution in [1.29, 1.82) is 0 Å². The molecule has 12 aromatic rings. The Bertz CT molecular complexity index is 6380. The minimum atomic E-state index is -3.20. The van der Waals surface area contributed by atoms with Crippen molar-refractivity contribution in [2.75, 3.05) is 69.4 Å². The Morgan fingerprint density at radius 1 is 0.412 bits per heavy atom. The minimum absolute atomic E-state index is 0.0138. The molecule has 712 valence electrons. The monoisotopic (exact) mass is 1880 g/mol. The van der Waals surface area contributed by atoms with Crippen molar-refractivity contribution >= 4 is 70.5 Å². The topological polar surface area (TPSA) is 489 Å². The van der Waals surface area contributed by atoms with Crippen LogP contribution in [0.1, 0.15) is 178 Å². The molecule has 4 aromatic heterocycles. The van der Waals surface area contributed by atoms with Gasteiger partial charge in [0.15, 0.2) is 0 Å². The fraction of sp³-hybridized carbons (Fsp3) is 0.284. The van der Waals surface area contributed by atoms with Crippen molar-refractivity contribution in [3.8, 4) is 45.0 Å². The van der Waals surface area contributed by atoms with Gasteiger partial charge in [-0.25, -0.2) is 62.6 Å². The molecule has 7 heterocycles. The maximum absolute atomic E-state index is 14.5. The van der Waals surface area contributed by atoms with E-state index in [-0.39, 0.29) is 137 Å². The average Bonchev–Trinajstić information content (AvgIpc) is 1.61. The number of aryl methyl sites for hydroxylation is 4. The summed E-state index contributed by atoms with van der Waals surface area (Å²) in [5.74, 6) is -16.1. The van der Waals surface area contributed by atoms with Gasteiger partial charge in [0, 0.05) is 77.2 Å². The van der Waals surface area contributed by atoms with Crippen molar-refractivity contribution in [2.45, 2.75) is 122 Å². The lowest BCUT2D eigenvalue weighted by molar-refractivity contribution is -0.0689. The summed E-state index contributed by atoms with van der Waals surface area (Å²) in [7, 11) is 1.57. The number of benzene rings is 8. The van der Waals surface area contributed by atoms with Gasteiger partial charge in [0.1, 0.15) is 116 Å². The normalized spacial score (nSPS) is 16.5. The number of alkyl halides is 6. The number of anilines is 4. The fourth-order valence-electron chi connectivity index (χ4n) is 16.1. The molecule has 136 heavy (non-hydrogen) atoms. The van der Waals surface area contributed by atoms with Gasteiger partial charge in [-0.15, -0.1) is 0 Å². The first kappa shape index (κ1) is 98.2. The number of amides is 8. The molecular formula is C95H98F10N22O9. The molecule has 4 atom stereocenters. The van der Waals surface area contributed by atoms with E-state index in [1.807, 2.05) is 31.2 Å². The molecule has 4 aliphatic rings. The Morgan fingerprint density at radius 2 is 0.713 bits per heavy atom. The van der Waals surface area contributed by atoms with Gasteiger partial charge in [-0.2, -0.15) is 20.4 Å². The van der Waals surface area contributed by atoms with Crippen molar-refractivity contribution in [1.82, 2.24) is 70.6 Å². The first-order valence-corrected chi connectivity index (χ1v) is 42.8. The molecule has 8 amide bonds. The highest BCUT2D eigenvalue weighted by molar-refractivity contribution is 6.06. The van der Waals surface area contributed by atoms with Crippen molar-refractivity contribution in [2.24, 2.45) is 28.9 Å². The maximum atomic E-state index is 14.5. The number of rotatable bonds is 25. The van der Waals surface area contributed by atoms with Crippen molar-refractivity contribution in [3.63, 3.8) is 0 Å². The second-order valence-electron chi connectivity index (χ2n) is 33.6. The molecule has 4 fully saturated rings. The number of hydrogen-bond donors (Lipinski definition) is 13. The third-order valence-electron chi connectivity index (χ3n) is 23.8. The quantitative estimate of drug-likeness (QED) is 0.0236. The number of piperidine rings is 1. The van der Waals surface area contributed by atoms with Crippen LogP contribution in [0.5, 0.6) is 0 Å². The van der Waals surface area contributed by atoms with Gasteiger partial charge in [0.25, 0.3) is 65.0 Å². The molecule has 8 aromatic carbocycles. The second kappa shape index (κ2) is 40.7. The first-order chi connectivity index (χ1) is 64.4. The summed E-state index contributed by atoms with van der Waals surface area (Å²) in [4.78, 5) is 99.5. The largest absolute Gasteiger partial charge is 0.383 e. The molecule has 3 saturated heterocycles. The lowest BCUT2D eigenvalue weighted by Crippen LogP contribution is -2.47. The Labute approximate surface area is 772 Å². The van der Waals surface area contributed by atoms with E-state index in [0.29, 0.717) is 84.9 Å². The van der Waals surface area contributed by atoms with Crippen LogP contribution < -0.4 is 72.5 Å². The molecule has 1 saturated carbocycles. The number of nitrogen functional groups attached to an aromatic ring is 4. The summed E-state index contributed by atoms with van der Waals surface area (Å²) < 4.78 is 150. The molecule has 16 rings (SSSR count). The highest BCUT2D eigenvalue weighted by atomic mass is 19.3. The number of carbonyl (C=O) groups excluding carboxylic acids is 8. The van der Waals surface area contributed by atoms with E-state index in [9.17, 15) is 82.3 Å². The zero-order valence-corrected chi connectivity index (χ0v) is 74.3. The standard InChI is InChI=1S/2C24H25F3N6O2.C24H26FN5O2.C23H22F3N5O3/c1-13-3-8-16(25)9-17(13)23(35)30-10-14-4-6-15(7-5-14)20-19(22(29)34)21(28)33(31-20)18-11-32(2)12-24(18,26)27;1-13-2-7-16(25)10-17(13)23(35)31-11-14-3-5-15(6-4-14)20-19(22(29)34)21(28)33(32-20)18-8-9-30-12-24(18,26)27;1-13-3-10-18(25)11-19(13)24(32)28-12-15-4-6-17(7-5-15)21-20(23(27)31)22(26)30(29-21)14(2)16-8-9-16;1-12-2-7-15(24)8-16(12)22(33)29-9-13-3-5-14(6-4-13)19-18(21(28)32)20(27)31(30-19)17-10-34-11-23(17,25)26/h3-9,18H,10-12,28H2,1-2H3,(H2,29,34)(H,30,35);2-7,10,18,30H,8-9,11-12,28H2,1H3,(H2,29,34)(H,31,35);3-7,10-11,14,16H,8-9,12,26H2,1-2H3,(H2,27,31)(H,28,32);2-8,17H,9-11,27H2,1H3,(H2,28,32)(H,29,33). The summed E-state index contributed by atoms with van der Waals surface area (Å²) >= 11 is 0. The first-order valence-electron chi connectivity index (χ1n) is 42.8. The molecular weight excluding hydrogens is 1780 g/mol. The number of aromatic nitrogens is 8. The van der Waals surface area contributed by atoms with E-state index in [4.69, 9.17) is 50.6 Å². The number of carbonyl (C=O) groups is 8. The highest BCUT2D eigenvalue weighted by Gasteiger charge is 2.51. The van der Waals surface area contributed by atoms with Crippen molar-refractivity contribution < 1.29 is 87.0 Å². The van der Waals surface area contributed by atoms with Crippen LogP contribution in [0.25, 0.3) is 45.0 Å². The molecule has 4 unspecified atom stereocenters. The predicted octanol–water partition coefficient (Wildman–Crippen LogP) is 11.9. The minimum Gasteiger partial charge on any atom is -0.383 e. The lowest BCUT2D eigenvalue weighted by atomic mass is 10.0. The molecule has 1 aliphatic carbocycles. The SMILES string of the molecule is Cc1ccc(F)cc1C(=O)NCc1ccc(-c2nn(C(C)C3CC3)c(N)c2C(N)=O)cc1.Cc1ccc(F)cc1C(=O)NCc1ccc(-c2nn(C3CCNCC3(F)F)c(N)c2C(N)=O)cc1.Cc1ccc(F)cc1C(=O)NCc1ccc(-c2nn(C3CN(C)CC3(F)F)c(N)c2C(N)=O)cc1.Cc1ccc(F)cc1C(=O)NCc1ccc(-c2nn(C3COCC3(F)F)c(N)c2C(N)=O)cc1. The lowest BCUT2D eigenvalue weighted by Gasteiger charge is -2.32. The van der Waals surface area contributed by atoms with Gasteiger partial charge in [-0.1, -0.05) is 121 Å². The Kier molecular flexibility index (Phi) is 29.4. The van der Waals surface area contributed by atoms with Crippen LogP contribution in [0, 0.1) is 56.9 Å². The van der Waals surface area contributed by atoms with Gasteiger partial charge in [-0.05, 0) is 166 Å². The number of halogens is 10. The van der Waals surface area contributed by atoms with Gasteiger partial charge in [0.2, 0.25) is 0 Å². The van der Waals surface area contributed by atoms with Gasteiger partial charge in [0.05, 0.1) is 25.7 Å². The van der Waals surface area contributed by atoms with Crippen molar-refractivity contribution in [3.05, 3.63) is 282 Å².